The lowest BCUT2D eigenvalue weighted by atomic mass is 10.1. The summed E-state index contributed by atoms with van der Waals surface area (Å²) < 4.78 is 10.4. The van der Waals surface area contributed by atoms with Gasteiger partial charge in [-0.1, -0.05) is 6.07 Å². The second-order valence-corrected chi connectivity index (χ2v) is 5.53. The third-order valence-electron chi connectivity index (χ3n) is 3.19. The molecule has 0 saturated carbocycles. The summed E-state index contributed by atoms with van der Waals surface area (Å²) in [6.07, 6.45) is 0. The summed E-state index contributed by atoms with van der Waals surface area (Å²) in [6.45, 7) is 3.24. The molecule has 2 aromatic rings. The fourth-order valence-corrected chi connectivity index (χ4v) is 2.75. The van der Waals surface area contributed by atoms with Crippen LogP contribution in [0.3, 0.4) is 0 Å². The third-order valence-corrected chi connectivity index (χ3v) is 4.06. The number of nitrogens with zero attached hydrogens (tertiary/aromatic N) is 1. The van der Waals surface area contributed by atoms with Crippen LogP contribution in [0.25, 0.3) is 0 Å². The van der Waals surface area contributed by atoms with Gasteiger partial charge in [0.2, 0.25) is 0 Å². The SMILES string of the molecule is CCN(Cc1cccs1)C(=O)c1cc(OC)cc(OC)c1. The average molecular weight is 305 g/mol. The van der Waals surface area contributed by atoms with Crippen LogP contribution in [-0.2, 0) is 6.54 Å². The van der Waals surface area contributed by atoms with E-state index >= 15 is 0 Å². The number of amides is 1. The molecule has 2 rings (SSSR count). The smallest absolute Gasteiger partial charge is 0.254 e. The van der Waals surface area contributed by atoms with Crippen LogP contribution in [0, 0.1) is 0 Å². The maximum Gasteiger partial charge on any atom is 0.254 e. The first-order chi connectivity index (χ1) is 10.2. The molecule has 112 valence electrons. The van der Waals surface area contributed by atoms with Gasteiger partial charge < -0.3 is 14.4 Å². The Bertz CT molecular complexity index is 573. The molecule has 0 atom stereocenters. The molecular weight excluding hydrogens is 286 g/mol. The molecule has 0 aliphatic rings. The van der Waals surface area contributed by atoms with E-state index in [1.54, 1.807) is 48.7 Å². The Hall–Kier alpha value is -2.01. The molecule has 1 heterocycles. The number of ether oxygens (including phenoxy) is 2. The number of benzene rings is 1. The molecule has 0 fully saturated rings. The Balaban J connectivity index is 2.24. The quantitative estimate of drug-likeness (QED) is 0.821. The largest absolute Gasteiger partial charge is 0.497 e. The summed E-state index contributed by atoms with van der Waals surface area (Å²) in [5, 5.41) is 2.02. The summed E-state index contributed by atoms with van der Waals surface area (Å²) in [5.41, 5.74) is 0.574. The van der Waals surface area contributed by atoms with Crippen LogP contribution in [0.2, 0.25) is 0 Å². The fourth-order valence-electron chi connectivity index (χ4n) is 2.03. The van der Waals surface area contributed by atoms with Gasteiger partial charge in [-0.15, -0.1) is 11.3 Å². The van der Waals surface area contributed by atoms with Gasteiger partial charge in [-0.2, -0.15) is 0 Å². The van der Waals surface area contributed by atoms with Crippen molar-refractivity contribution in [1.82, 2.24) is 4.90 Å². The molecule has 5 heteroatoms. The molecule has 1 amide bonds. The number of carbonyl (C=O) groups excluding carboxylic acids is 1. The lowest BCUT2D eigenvalue weighted by Crippen LogP contribution is -2.30. The van der Waals surface area contributed by atoms with E-state index < -0.39 is 0 Å². The normalized spacial score (nSPS) is 10.2. The molecule has 0 aliphatic heterocycles. The van der Waals surface area contributed by atoms with Gasteiger partial charge in [0.15, 0.2) is 0 Å². The topological polar surface area (TPSA) is 38.8 Å². The molecule has 0 N–H and O–H groups in total. The van der Waals surface area contributed by atoms with Crippen LogP contribution < -0.4 is 9.47 Å². The minimum atomic E-state index is -0.0249. The van der Waals surface area contributed by atoms with E-state index in [-0.39, 0.29) is 5.91 Å². The Morgan fingerprint density at radius 3 is 2.33 bits per heavy atom. The van der Waals surface area contributed by atoms with Gasteiger partial charge in [0.25, 0.3) is 5.91 Å². The van der Waals surface area contributed by atoms with Crippen molar-refractivity contribution in [2.75, 3.05) is 20.8 Å². The summed E-state index contributed by atoms with van der Waals surface area (Å²) >= 11 is 1.65. The van der Waals surface area contributed by atoms with Gasteiger partial charge in [-0.3, -0.25) is 4.79 Å². The van der Waals surface area contributed by atoms with Crippen molar-refractivity contribution in [2.24, 2.45) is 0 Å². The van der Waals surface area contributed by atoms with Crippen molar-refractivity contribution in [3.8, 4) is 11.5 Å². The monoisotopic (exact) mass is 305 g/mol. The maximum atomic E-state index is 12.7. The first-order valence-electron chi connectivity index (χ1n) is 6.72. The van der Waals surface area contributed by atoms with Gasteiger partial charge in [0.1, 0.15) is 11.5 Å². The Morgan fingerprint density at radius 2 is 1.86 bits per heavy atom. The van der Waals surface area contributed by atoms with E-state index in [2.05, 4.69) is 0 Å². The fraction of sp³-hybridized carbons (Fsp3) is 0.312. The molecule has 0 saturated heterocycles. The first-order valence-corrected chi connectivity index (χ1v) is 7.60. The number of methoxy groups -OCH3 is 2. The van der Waals surface area contributed by atoms with Gasteiger partial charge in [0.05, 0.1) is 20.8 Å². The highest BCUT2D eigenvalue weighted by atomic mass is 32.1. The predicted octanol–water partition coefficient (Wildman–Crippen LogP) is 3.43. The molecule has 0 spiro atoms. The van der Waals surface area contributed by atoms with E-state index in [1.165, 1.54) is 4.88 Å². The van der Waals surface area contributed by atoms with E-state index in [4.69, 9.17) is 9.47 Å². The number of carbonyl (C=O) groups is 1. The zero-order valence-corrected chi connectivity index (χ0v) is 13.3. The van der Waals surface area contributed by atoms with Crippen LogP contribution in [0.4, 0.5) is 0 Å². The van der Waals surface area contributed by atoms with Crippen molar-refractivity contribution >= 4 is 17.2 Å². The molecule has 0 aliphatic carbocycles. The molecule has 1 aromatic heterocycles. The number of hydrogen-bond acceptors (Lipinski definition) is 4. The molecule has 0 bridgehead atoms. The van der Waals surface area contributed by atoms with E-state index in [1.807, 2.05) is 24.4 Å². The van der Waals surface area contributed by atoms with Gasteiger partial charge in [-0.25, -0.2) is 0 Å². The minimum absolute atomic E-state index is 0.0249. The van der Waals surface area contributed by atoms with Crippen molar-refractivity contribution < 1.29 is 14.3 Å². The molecule has 0 radical (unpaired) electrons. The predicted molar refractivity (Wildman–Crippen MR) is 84.3 cm³/mol. The van der Waals surface area contributed by atoms with E-state index in [9.17, 15) is 4.79 Å². The molecule has 21 heavy (non-hydrogen) atoms. The zero-order chi connectivity index (χ0) is 15.2. The zero-order valence-electron chi connectivity index (χ0n) is 12.5. The van der Waals surface area contributed by atoms with Gasteiger partial charge >= 0.3 is 0 Å². The highest BCUT2D eigenvalue weighted by Crippen LogP contribution is 2.24. The molecular formula is C16H19NO3S. The van der Waals surface area contributed by atoms with Crippen molar-refractivity contribution in [1.29, 1.82) is 0 Å². The van der Waals surface area contributed by atoms with E-state index in [0.717, 1.165) is 0 Å². The summed E-state index contributed by atoms with van der Waals surface area (Å²) in [4.78, 5) is 15.6. The highest BCUT2D eigenvalue weighted by molar-refractivity contribution is 7.09. The van der Waals surface area contributed by atoms with Gasteiger partial charge in [-0.05, 0) is 30.5 Å². The molecule has 4 nitrogen and oxygen atoms in total. The van der Waals surface area contributed by atoms with Crippen molar-refractivity contribution in [2.45, 2.75) is 13.5 Å². The molecule has 1 aromatic carbocycles. The Labute approximate surface area is 128 Å². The number of hydrogen-bond donors (Lipinski definition) is 0. The minimum Gasteiger partial charge on any atom is -0.497 e. The van der Waals surface area contributed by atoms with E-state index in [0.29, 0.717) is 30.2 Å². The number of rotatable bonds is 6. The summed E-state index contributed by atoms with van der Waals surface area (Å²) in [7, 11) is 3.15. The first kappa shape index (κ1) is 15.4. The average Bonchev–Trinajstić information content (AvgIpc) is 3.04. The van der Waals surface area contributed by atoms with Crippen LogP contribution >= 0.6 is 11.3 Å². The van der Waals surface area contributed by atoms with Crippen LogP contribution in [0.5, 0.6) is 11.5 Å². The summed E-state index contributed by atoms with van der Waals surface area (Å²) in [6, 6.07) is 9.26. The van der Waals surface area contributed by atoms with Crippen LogP contribution in [0.15, 0.2) is 35.7 Å². The Kier molecular flexibility index (Phi) is 5.22. The number of thiophene rings is 1. The van der Waals surface area contributed by atoms with Crippen LogP contribution in [0.1, 0.15) is 22.2 Å². The molecule has 0 unspecified atom stereocenters. The second-order valence-electron chi connectivity index (χ2n) is 4.50. The summed E-state index contributed by atoms with van der Waals surface area (Å²) in [5.74, 6) is 1.21. The lowest BCUT2D eigenvalue weighted by Gasteiger charge is -2.21. The highest BCUT2D eigenvalue weighted by Gasteiger charge is 2.17. The Morgan fingerprint density at radius 1 is 1.19 bits per heavy atom. The second kappa shape index (κ2) is 7.13. The van der Waals surface area contributed by atoms with Gasteiger partial charge in [0, 0.05) is 23.1 Å². The maximum absolute atomic E-state index is 12.7. The van der Waals surface area contributed by atoms with Crippen LogP contribution in [-0.4, -0.2) is 31.6 Å². The standard InChI is InChI=1S/C16H19NO3S/c1-4-17(11-15-6-5-7-21-15)16(18)12-8-13(19-2)10-14(9-12)20-3/h5-10H,4,11H2,1-3H3. The van der Waals surface area contributed by atoms with Crippen molar-refractivity contribution in [3.63, 3.8) is 0 Å². The lowest BCUT2D eigenvalue weighted by molar-refractivity contribution is 0.0753. The van der Waals surface area contributed by atoms with Crippen molar-refractivity contribution in [3.05, 3.63) is 46.2 Å². The third kappa shape index (κ3) is 3.76.